The molecule has 26 heavy (non-hydrogen) atoms. The first-order valence-corrected chi connectivity index (χ1v) is 9.16. The van der Waals surface area contributed by atoms with Crippen LogP contribution in [0.15, 0.2) is 30.3 Å². The van der Waals surface area contributed by atoms with Crippen LogP contribution in [-0.2, 0) is 16.1 Å². The third-order valence-electron chi connectivity index (χ3n) is 4.25. The summed E-state index contributed by atoms with van der Waals surface area (Å²) in [6.07, 6.45) is 1.69. The molecule has 2 N–H and O–H groups in total. The Bertz CT molecular complexity index is 635. The molecule has 2 rings (SSSR count). The van der Waals surface area contributed by atoms with Crippen LogP contribution >= 0.6 is 0 Å². The van der Waals surface area contributed by atoms with Crippen LogP contribution in [-0.4, -0.2) is 24.1 Å². The van der Waals surface area contributed by atoms with Crippen LogP contribution in [0.4, 0.5) is 4.79 Å². The topological polar surface area (TPSA) is 91.2 Å². The Kier molecular flexibility index (Phi) is 7.46. The largest absolute Gasteiger partial charge is 0.436 e. The highest BCUT2D eigenvalue weighted by molar-refractivity contribution is 5.84. The van der Waals surface area contributed by atoms with Crippen molar-refractivity contribution in [1.29, 1.82) is 5.26 Å². The van der Waals surface area contributed by atoms with Crippen molar-refractivity contribution in [3.8, 4) is 6.07 Å². The van der Waals surface area contributed by atoms with E-state index in [4.69, 9.17) is 4.74 Å². The monoisotopic (exact) mass is 357 g/mol. The summed E-state index contributed by atoms with van der Waals surface area (Å²) in [6, 6.07) is 11.0. The van der Waals surface area contributed by atoms with Gasteiger partial charge in [0.2, 0.25) is 0 Å². The van der Waals surface area contributed by atoms with E-state index in [-0.39, 0.29) is 11.8 Å². The van der Waals surface area contributed by atoms with Crippen molar-refractivity contribution < 1.29 is 14.3 Å². The Hall–Kier alpha value is -2.55. The van der Waals surface area contributed by atoms with Crippen LogP contribution in [0.2, 0.25) is 0 Å². The Morgan fingerprint density at radius 3 is 2.54 bits per heavy atom. The molecule has 0 spiro atoms. The van der Waals surface area contributed by atoms with Gasteiger partial charge >= 0.3 is 6.09 Å². The highest BCUT2D eigenvalue weighted by Gasteiger charge is 2.32. The number of hydrogen-bond donors (Lipinski definition) is 2. The van der Waals surface area contributed by atoms with E-state index in [1.54, 1.807) is 0 Å². The predicted octanol–water partition coefficient (Wildman–Crippen LogP) is 3.14. The van der Waals surface area contributed by atoms with E-state index in [9.17, 15) is 14.9 Å². The van der Waals surface area contributed by atoms with Crippen LogP contribution in [0.1, 0.15) is 45.1 Å². The molecule has 2 amide bonds. The molecule has 0 aromatic heterocycles. The van der Waals surface area contributed by atoms with Gasteiger partial charge in [0, 0.05) is 6.54 Å². The Morgan fingerprint density at radius 1 is 1.27 bits per heavy atom. The number of hydrogen-bond acceptors (Lipinski definition) is 4. The van der Waals surface area contributed by atoms with Gasteiger partial charge in [-0.05, 0) is 30.2 Å². The van der Waals surface area contributed by atoms with Gasteiger partial charge in [0.05, 0.1) is 6.07 Å². The SMILES string of the molecule is CC(C)C[C@@H](C#N)NC(=O)[C@H](CC1CC1)OC(=O)NCc1ccccc1. The molecular formula is C20H27N3O3. The second-order valence-corrected chi connectivity index (χ2v) is 7.23. The first kappa shape index (κ1) is 19.8. The summed E-state index contributed by atoms with van der Waals surface area (Å²) in [5.74, 6) is 0.314. The van der Waals surface area contributed by atoms with Crippen LogP contribution in [0, 0.1) is 23.2 Å². The maximum atomic E-state index is 12.5. The number of carbonyl (C=O) groups is 2. The summed E-state index contributed by atoms with van der Waals surface area (Å²) >= 11 is 0. The van der Waals surface area contributed by atoms with Gasteiger partial charge in [-0.1, -0.05) is 57.0 Å². The highest BCUT2D eigenvalue weighted by Crippen LogP contribution is 2.34. The van der Waals surface area contributed by atoms with E-state index in [1.807, 2.05) is 44.2 Å². The molecule has 0 radical (unpaired) electrons. The second-order valence-electron chi connectivity index (χ2n) is 7.23. The number of nitrogens with zero attached hydrogens (tertiary/aromatic N) is 1. The minimum absolute atomic E-state index is 0.289. The third kappa shape index (κ3) is 7.14. The summed E-state index contributed by atoms with van der Waals surface area (Å²) in [5.41, 5.74) is 0.953. The van der Waals surface area contributed by atoms with E-state index < -0.39 is 18.2 Å². The average Bonchev–Trinajstić information content (AvgIpc) is 3.43. The molecule has 0 bridgehead atoms. The number of amides is 2. The van der Waals surface area contributed by atoms with Gasteiger partial charge in [-0.25, -0.2) is 4.79 Å². The van der Waals surface area contributed by atoms with Gasteiger partial charge in [-0.3, -0.25) is 4.79 Å². The van der Waals surface area contributed by atoms with Gasteiger partial charge < -0.3 is 15.4 Å². The average molecular weight is 357 g/mol. The minimum atomic E-state index is -0.860. The predicted molar refractivity (Wildman–Crippen MR) is 97.9 cm³/mol. The molecule has 0 heterocycles. The van der Waals surface area contributed by atoms with Gasteiger partial charge in [0.1, 0.15) is 6.04 Å². The summed E-state index contributed by atoms with van der Waals surface area (Å²) in [5, 5.41) is 14.6. The fraction of sp³-hybridized carbons (Fsp3) is 0.550. The molecule has 2 atom stereocenters. The first-order valence-electron chi connectivity index (χ1n) is 9.16. The first-order chi connectivity index (χ1) is 12.5. The maximum Gasteiger partial charge on any atom is 0.408 e. The lowest BCUT2D eigenvalue weighted by molar-refractivity contribution is -0.130. The molecule has 1 saturated carbocycles. The van der Waals surface area contributed by atoms with Crippen LogP contribution in [0.5, 0.6) is 0 Å². The summed E-state index contributed by atoms with van der Waals surface area (Å²) < 4.78 is 5.36. The van der Waals surface area contributed by atoms with Crippen molar-refractivity contribution in [2.24, 2.45) is 11.8 Å². The molecule has 1 aliphatic rings. The number of ether oxygens (including phenoxy) is 1. The van der Waals surface area contributed by atoms with Gasteiger partial charge in [0.25, 0.3) is 5.91 Å². The standard InChI is InChI=1S/C20H27N3O3/c1-14(2)10-17(12-21)23-19(24)18(11-15-8-9-15)26-20(25)22-13-16-6-4-3-5-7-16/h3-7,14-15,17-18H,8-11,13H2,1-2H3,(H,22,25)(H,23,24)/t17-,18-/m0/s1. The molecule has 0 saturated heterocycles. The molecule has 1 aromatic rings. The normalized spacial score (nSPS) is 15.6. The molecular weight excluding hydrogens is 330 g/mol. The molecule has 1 aromatic carbocycles. The zero-order valence-corrected chi connectivity index (χ0v) is 15.4. The zero-order valence-electron chi connectivity index (χ0n) is 15.4. The van der Waals surface area contributed by atoms with E-state index in [1.165, 1.54) is 0 Å². The number of nitrogens with one attached hydrogen (secondary N) is 2. The van der Waals surface area contributed by atoms with Gasteiger partial charge in [-0.2, -0.15) is 5.26 Å². The quantitative estimate of drug-likeness (QED) is 0.710. The summed E-state index contributed by atoms with van der Waals surface area (Å²) in [7, 11) is 0. The van der Waals surface area contributed by atoms with Gasteiger partial charge in [0.15, 0.2) is 6.10 Å². The Morgan fingerprint density at radius 2 is 1.96 bits per heavy atom. The maximum absolute atomic E-state index is 12.5. The molecule has 0 aliphatic heterocycles. The smallest absolute Gasteiger partial charge is 0.408 e. The minimum Gasteiger partial charge on any atom is -0.436 e. The van der Waals surface area contributed by atoms with Crippen molar-refractivity contribution in [2.75, 3.05) is 0 Å². The van der Waals surface area contributed by atoms with E-state index in [2.05, 4.69) is 16.7 Å². The van der Waals surface area contributed by atoms with Crippen LogP contribution in [0.25, 0.3) is 0 Å². The molecule has 140 valence electrons. The van der Waals surface area contributed by atoms with Gasteiger partial charge in [-0.15, -0.1) is 0 Å². The lowest BCUT2D eigenvalue weighted by Crippen LogP contribution is -2.44. The van der Waals surface area contributed by atoms with E-state index in [0.29, 0.717) is 25.3 Å². The van der Waals surface area contributed by atoms with Crippen molar-refractivity contribution in [2.45, 2.75) is 58.2 Å². The second kappa shape index (κ2) is 9.81. The number of alkyl carbamates (subject to hydrolysis) is 1. The van der Waals surface area contributed by atoms with Crippen molar-refractivity contribution >= 4 is 12.0 Å². The molecule has 0 unspecified atom stereocenters. The van der Waals surface area contributed by atoms with Crippen molar-refractivity contribution in [1.82, 2.24) is 10.6 Å². The fourth-order valence-corrected chi connectivity index (χ4v) is 2.69. The number of nitriles is 1. The highest BCUT2D eigenvalue weighted by atomic mass is 16.6. The van der Waals surface area contributed by atoms with E-state index in [0.717, 1.165) is 18.4 Å². The lowest BCUT2D eigenvalue weighted by atomic mass is 10.0. The molecule has 6 heteroatoms. The van der Waals surface area contributed by atoms with Crippen LogP contribution in [0.3, 0.4) is 0 Å². The zero-order chi connectivity index (χ0) is 18.9. The molecule has 6 nitrogen and oxygen atoms in total. The molecule has 1 aliphatic carbocycles. The Balaban J connectivity index is 1.87. The van der Waals surface area contributed by atoms with E-state index >= 15 is 0 Å². The summed E-state index contributed by atoms with van der Waals surface area (Å²) in [4.78, 5) is 24.6. The lowest BCUT2D eigenvalue weighted by Gasteiger charge is -2.20. The number of benzene rings is 1. The fourth-order valence-electron chi connectivity index (χ4n) is 2.69. The molecule has 1 fully saturated rings. The van der Waals surface area contributed by atoms with Crippen LogP contribution < -0.4 is 10.6 Å². The third-order valence-corrected chi connectivity index (χ3v) is 4.25. The number of rotatable bonds is 9. The van der Waals surface area contributed by atoms with Crippen molar-refractivity contribution in [3.05, 3.63) is 35.9 Å². The summed E-state index contributed by atoms with van der Waals surface area (Å²) in [6.45, 7) is 4.32. The number of carbonyl (C=O) groups excluding carboxylic acids is 2. The van der Waals surface area contributed by atoms with Crippen molar-refractivity contribution in [3.63, 3.8) is 0 Å². The Labute approximate surface area is 154 Å².